The van der Waals surface area contributed by atoms with Gasteiger partial charge in [-0.2, -0.15) is 0 Å². The number of halogens is 2. The molecule has 0 saturated carbocycles. The minimum Gasteiger partial charge on any atom is -0.481 e. The maximum Gasteiger partial charge on any atom is 0.303 e. The van der Waals surface area contributed by atoms with Crippen LogP contribution in [0.3, 0.4) is 0 Å². The second-order valence-electron chi connectivity index (χ2n) is 4.48. The molecule has 4 nitrogen and oxygen atoms in total. The van der Waals surface area contributed by atoms with Gasteiger partial charge in [0, 0.05) is 13.0 Å². The van der Waals surface area contributed by atoms with Crippen LogP contribution in [0.15, 0.2) is 22.7 Å². The van der Waals surface area contributed by atoms with Gasteiger partial charge in [-0.25, -0.2) is 4.39 Å². The van der Waals surface area contributed by atoms with Crippen molar-refractivity contribution in [2.45, 2.75) is 32.1 Å². The van der Waals surface area contributed by atoms with E-state index in [1.807, 2.05) is 0 Å². The van der Waals surface area contributed by atoms with E-state index >= 15 is 0 Å². The van der Waals surface area contributed by atoms with E-state index in [2.05, 4.69) is 21.2 Å². The number of carboxylic acid groups (broad SMARTS) is 1. The van der Waals surface area contributed by atoms with Gasteiger partial charge in [-0.1, -0.05) is 12.5 Å². The number of hydrogen-bond acceptors (Lipinski definition) is 2. The molecule has 0 saturated heterocycles. The largest absolute Gasteiger partial charge is 0.481 e. The summed E-state index contributed by atoms with van der Waals surface area (Å²) in [5, 5.41) is 11.2. The zero-order valence-corrected chi connectivity index (χ0v) is 12.6. The average Bonchev–Trinajstić information content (AvgIpc) is 2.38. The van der Waals surface area contributed by atoms with Gasteiger partial charge in [0.1, 0.15) is 5.82 Å². The van der Waals surface area contributed by atoms with Crippen molar-refractivity contribution < 1.29 is 19.1 Å². The first kappa shape index (κ1) is 16.6. The Labute approximate surface area is 125 Å². The molecule has 0 aliphatic heterocycles. The van der Waals surface area contributed by atoms with E-state index in [0.29, 0.717) is 23.0 Å². The smallest absolute Gasteiger partial charge is 0.303 e. The lowest BCUT2D eigenvalue weighted by atomic mass is 10.1. The van der Waals surface area contributed by atoms with Crippen molar-refractivity contribution >= 4 is 27.8 Å². The number of nitrogens with one attached hydrogen (secondary N) is 1. The fourth-order valence-electron chi connectivity index (χ4n) is 1.70. The number of benzene rings is 1. The van der Waals surface area contributed by atoms with E-state index < -0.39 is 5.97 Å². The molecule has 1 aromatic carbocycles. The van der Waals surface area contributed by atoms with Gasteiger partial charge < -0.3 is 10.4 Å². The van der Waals surface area contributed by atoms with Crippen molar-refractivity contribution in [3.05, 3.63) is 34.1 Å². The van der Waals surface area contributed by atoms with Crippen LogP contribution in [0, 0.1) is 5.82 Å². The van der Waals surface area contributed by atoms with E-state index in [-0.39, 0.29) is 24.6 Å². The molecule has 1 amide bonds. The number of carbonyl (C=O) groups is 2. The minimum atomic E-state index is -0.800. The van der Waals surface area contributed by atoms with Gasteiger partial charge in [-0.15, -0.1) is 0 Å². The number of rotatable bonds is 8. The fourth-order valence-corrected chi connectivity index (χ4v) is 1.95. The Kier molecular flexibility index (Phi) is 7.22. The summed E-state index contributed by atoms with van der Waals surface area (Å²) in [5.41, 5.74) is 0.620. The van der Waals surface area contributed by atoms with Crippen LogP contribution >= 0.6 is 15.9 Å². The molecule has 0 bridgehead atoms. The van der Waals surface area contributed by atoms with Gasteiger partial charge in [0.2, 0.25) is 5.91 Å². The van der Waals surface area contributed by atoms with Crippen molar-refractivity contribution in [3.63, 3.8) is 0 Å². The molecular weight excluding hydrogens is 329 g/mol. The van der Waals surface area contributed by atoms with Crippen molar-refractivity contribution in [2.24, 2.45) is 0 Å². The second kappa shape index (κ2) is 8.68. The standard InChI is InChI=1S/C14H17BrFNO3/c15-11-6-5-10(8-12(11)16)9-13(18)17-7-3-1-2-4-14(19)20/h5-6,8H,1-4,7,9H2,(H,17,18)(H,19,20). The van der Waals surface area contributed by atoms with Gasteiger partial charge in [0.25, 0.3) is 0 Å². The quantitative estimate of drug-likeness (QED) is 0.712. The molecule has 0 atom stereocenters. The summed E-state index contributed by atoms with van der Waals surface area (Å²) < 4.78 is 13.6. The summed E-state index contributed by atoms with van der Waals surface area (Å²) in [6, 6.07) is 4.60. The lowest BCUT2D eigenvalue weighted by molar-refractivity contribution is -0.137. The molecule has 0 aliphatic carbocycles. The summed E-state index contributed by atoms with van der Waals surface area (Å²) in [6.07, 6.45) is 2.42. The van der Waals surface area contributed by atoms with Crippen LogP contribution in [0.2, 0.25) is 0 Å². The number of unbranched alkanes of at least 4 members (excludes halogenated alkanes) is 2. The number of carbonyl (C=O) groups excluding carboxylic acids is 1. The predicted octanol–water partition coefficient (Wildman–Crippen LogP) is 2.89. The molecule has 0 aromatic heterocycles. The summed E-state index contributed by atoms with van der Waals surface area (Å²) in [5.74, 6) is -1.35. The molecule has 0 fully saturated rings. The van der Waals surface area contributed by atoms with Gasteiger partial charge in [-0.05, 0) is 46.5 Å². The fraction of sp³-hybridized carbons (Fsp3) is 0.429. The molecule has 0 aliphatic rings. The lowest BCUT2D eigenvalue weighted by Gasteiger charge is -2.05. The van der Waals surface area contributed by atoms with E-state index in [0.717, 1.165) is 12.8 Å². The van der Waals surface area contributed by atoms with Crippen molar-refractivity contribution in [1.29, 1.82) is 0 Å². The highest BCUT2D eigenvalue weighted by molar-refractivity contribution is 9.10. The monoisotopic (exact) mass is 345 g/mol. The van der Waals surface area contributed by atoms with Gasteiger partial charge in [0.05, 0.1) is 10.9 Å². The maximum atomic E-state index is 13.3. The zero-order chi connectivity index (χ0) is 15.0. The third-order valence-corrected chi connectivity index (χ3v) is 3.38. The SMILES string of the molecule is O=C(O)CCCCCNC(=O)Cc1ccc(Br)c(F)c1. The first-order valence-corrected chi connectivity index (χ1v) is 7.21. The minimum absolute atomic E-state index is 0.138. The third kappa shape index (κ3) is 6.65. The van der Waals surface area contributed by atoms with E-state index in [4.69, 9.17) is 5.11 Å². The highest BCUT2D eigenvalue weighted by Crippen LogP contribution is 2.16. The van der Waals surface area contributed by atoms with Crippen LogP contribution in [-0.4, -0.2) is 23.5 Å². The molecule has 110 valence electrons. The first-order chi connectivity index (χ1) is 9.49. The molecule has 0 spiro atoms. The lowest BCUT2D eigenvalue weighted by Crippen LogP contribution is -2.26. The molecule has 0 heterocycles. The average molecular weight is 346 g/mol. The Morgan fingerprint density at radius 1 is 1.25 bits per heavy atom. The number of amides is 1. The number of hydrogen-bond donors (Lipinski definition) is 2. The van der Waals surface area contributed by atoms with Crippen molar-refractivity contribution in [2.75, 3.05) is 6.54 Å². The zero-order valence-electron chi connectivity index (χ0n) is 11.0. The molecule has 2 N–H and O–H groups in total. The van der Waals surface area contributed by atoms with Gasteiger partial charge in [-0.3, -0.25) is 9.59 Å². The Morgan fingerprint density at radius 3 is 2.65 bits per heavy atom. The summed E-state index contributed by atoms with van der Waals surface area (Å²) in [4.78, 5) is 21.9. The second-order valence-corrected chi connectivity index (χ2v) is 5.33. The number of carboxylic acids is 1. The molecule has 1 rings (SSSR count). The Balaban J connectivity index is 2.20. The molecule has 20 heavy (non-hydrogen) atoms. The van der Waals surface area contributed by atoms with Gasteiger partial charge in [0.15, 0.2) is 0 Å². The normalized spacial score (nSPS) is 10.3. The molecular formula is C14H17BrFNO3. The van der Waals surface area contributed by atoms with E-state index in [1.54, 1.807) is 12.1 Å². The predicted molar refractivity (Wildman–Crippen MR) is 76.9 cm³/mol. The third-order valence-electron chi connectivity index (χ3n) is 2.74. The number of aliphatic carboxylic acids is 1. The van der Waals surface area contributed by atoms with Crippen LogP contribution in [0.1, 0.15) is 31.2 Å². The molecule has 6 heteroatoms. The Hall–Kier alpha value is -1.43. The van der Waals surface area contributed by atoms with Crippen molar-refractivity contribution in [3.8, 4) is 0 Å². The molecule has 0 radical (unpaired) electrons. The summed E-state index contributed by atoms with van der Waals surface area (Å²) in [7, 11) is 0. The first-order valence-electron chi connectivity index (χ1n) is 6.41. The maximum absolute atomic E-state index is 13.3. The van der Waals surface area contributed by atoms with Gasteiger partial charge >= 0.3 is 5.97 Å². The summed E-state index contributed by atoms with van der Waals surface area (Å²) >= 11 is 3.05. The Bertz CT molecular complexity index is 479. The highest BCUT2D eigenvalue weighted by atomic mass is 79.9. The molecule has 0 unspecified atom stereocenters. The van der Waals surface area contributed by atoms with E-state index in [9.17, 15) is 14.0 Å². The van der Waals surface area contributed by atoms with Crippen LogP contribution in [0.4, 0.5) is 4.39 Å². The Morgan fingerprint density at radius 2 is 2.00 bits per heavy atom. The topological polar surface area (TPSA) is 66.4 Å². The summed E-state index contributed by atoms with van der Waals surface area (Å²) in [6.45, 7) is 0.511. The molecule has 1 aromatic rings. The van der Waals surface area contributed by atoms with Crippen LogP contribution in [0.5, 0.6) is 0 Å². The van der Waals surface area contributed by atoms with Crippen LogP contribution < -0.4 is 5.32 Å². The van der Waals surface area contributed by atoms with Crippen molar-refractivity contribution in [1.82, 2.24) is 5.32 Å². The van der Waals surface area contributed by atoms with Crippen LogP contribution in [0.25, 0.3) is 0 Å². The van der Waals surface area contributed by atoms with E-state index in [1.165, 1.54) is 6.07 Å². The van der Waals surface area contributed by atoms with Crippen LogP contribution in [-0.2, 0) is 16.0 Å². The highest BCUT2D eigenvalue weighted by Gasteiger charge is 2.06.